The number of amides is 4. The van der Waals surface area contributed by atoms with Crippen LogP contribution >= 0.6 is 0 Å². The molecule has 0 heterocycles. The number of nitrogens with zero attached hydrogens (tertiary/aromatic N) is 1. The van der Waals surface area contributed by atoms with Crippen LogP contribution in [0.15, 0.2) is 48.5 Å². The maximum Gasteiger partial charge on any atom is 0.573 e. The number of hydrogen-bond donors (Lipinski definition) is 4. The predicted octanol–water partition coefficient (Wildman–Crippen LogP) is 7.63. The summed E-state index contributed by atoms with van der Waals surface area (Å²) in [5, 5.41) is 8.49. The Kier molecular flexibility index (Phi) is 17.2. The molecule has 286 valence electrons. The third-order valence-electron chi connectivity index (χ3n) is 7.81. The minimum Gasteiger partial charge on any atom is -0.406 e. The molecule has 1 saturated carbocycles. The highest BCUT2D eigenvalue weighted by atomic mass is 19.4. The molecule has 0 aliphatic heterocycles. The van der Waals surface area contributed by atoms with Crippen LogP contribution in [0.2, 0.25) is 0 Å². The van der Waals surface area contributed by atoms with Crippen molar-refractivity contribution in [2.24, 2.45) is 17.1 Å². The van der Waals surface area contributed by atoms with Crippen molar-refractivity contribution in [3.63, 3.8) is 0 Å². The number of nitrogens with one attached hydrogen (secondary N) is 3. The number of carbonyl (C=O) groups excluding carboxylic acids is 3. The summed E-state index contributed by atoms with van der Waals surface area (Å²) in [4.78, 5) is 40.3. The number of carbonyl (C=O) groups is 3. The van der Waals surface area contributed by atoms with E-state index in [0.717, 1.165) is 55.7 Å². The maximum absolute atomic E-state index is 13.4. The summed E-state index contributed by atoms with van der Waals surface area (Å²) in [7, 11) is 0. The normalized spacial score (nSPS) is 13.9. The largest absolute Gasteiger partial charge is 0.573 e. The summed E-state index contributed by atoms with van der Waals surface area (Å²) in [5.74, 6) is -0.0742. The monoisotopic (exact) mass is 721 g/mol. The van der Waals surface area contributed by atoms with Crippen molar-refractivity contribution >= 4 is 23.5 Å². The number of halogens is 3. The number of alkyl halides is 3. The highest BCUT2D eigenvalue weighted by Gasteiger charge is 2.31. The Balaban J connectivity index is 0.00000213. The molecule has 51 heavy (non-hydrogen) atoms. The molecule has 1 fully saturated rings. The zero-order valence-electron chi connectivity index (χ0n) is 31.3. The number of ether oxygens (including phenoxy) is 2. The fraction of sp³-hybridized carbons (Fsp3) is 0.605. The SMILES string of the molecule is CC(C)(CN)COCC(C)(C)NC(=O)CCNC(=O)c1ccc(CN(C(=O)Nc2ccc(OC(F)(F)F)cc2)C2CCCCC2)cc1.CC(C)C. The number of anilines is 1. The molecule has 1 aliphatic carbocycles. The van der Waals surface area contributed by atoms with Crippen LogP contribution in [-0.2, 0) is 16.1 Å². The molecule has 2 aromatic rings. The summed E-state index contributed by atoms with van der Waals surface area (Å²) >= 11 is 0. The van der Waals surface area contributed by atoms with E-state index in [0.29, 0.717) is 31.0 Å². The van der Waals surface area contributed by atoms with Crippen molar-refractivity contribution in [2.45, 2.75) is 111 Å². The van der Waals surface area contributed by atoms with Gasteiger partial charge in [0, 0.05) is 42.2 Å². The highest BCUT2D eigenvalue weighted by Crippen LogP contribution is 2.27. The molecule has 0 saturated heterocycles. The van der Waals surface area contributed by atoms with Crippen LogP contribution < -0.4 is 26.4 Å². The minimum atomic E-state index is -4.80. The van der Waals surface area contributed by atoms with E-state index in [4.69, 9.17) is 10.5 Å². The third-order valence-corrected chi connectivity index (χ3v) is 7.81. The van der Waals surface area contributed by atoms with Crippen molar-refractivity contribution in [3.05, 3.63) is 59.7 Å². The van der Waals surface area contributed by atoms with E-state index in [1.165, 1.54) is 12.1 Å². The van der Waals surface area contributed by atoms with Crippen LogP contribution in [0.25, 0.3) is 0 Å². The lowest BCUT2D eigenvalue weighted by molar-refractivity contribution is -0.274. The Morgan fingerprint density at radius 3 is 2.04 bits per heavy atom. The third kappa shape index (κ3) is 17.8. The Hall–Kier alpha value is -3.84. The molecule has 10 nitrogen and oxygen atoms in total. The first-order chi connectivity index (χ1) is 23.8. The molecule has 0 radical (unpaired) electrons. The molecule has 1 aliphatic rings. The molecule has 0 aromatic heterocycles. The topological polar surface area (TPSA) is 135 Å². The van der Waals surface area contributed by atoms with E-state index in [9.17, 15) is 27.6 Å². The van der Waals surface area contributed by atoms with Crippen molar-refractivity contribution < 1.29 is 37.0 Å². The molecular formula is C38H58F3N5O5. The second-order valence-electron chi connectivity index (χ2n) is 15.2. The quantitative estimate of drug-likeness (QED) is 0.149. The van der Waals surface area contributed by atoms with Gasteiger partial charge in [-0.1, -0.05) is 66.0 Å². The smallest absolute Gasteiger partial charge is 0.406 e. The Bertz CT molecular complexity index is 1360. The Morgan fingerprint density at radius 2 is 1.49 bits per heavy atom. The maximum atomic E-state index is 13.4. The molecule has 3 rings (SSSR count). The van der Waals surface area contributed by atoms with Crippen LogP contribution in [0, 0.1) is 11.3 Å². The van der Waals surface area contributed by atoms with E-state index < -0.39 is 11.9 Å². The van der Waals surface area contributed by atoms with Crippen LogP contribution in [0.4, 0.5) is 23.7 Å². The average Bonchev–Trinajstić information content (AvgIpc) is 3.03. The van der Waals surface area contributed by atoms with E-state index >= 15 is 0 Å². The fourth-order valence-electron chi connectivity index (χ4n) is 5.16. The first-order valence-corrected chi connectivity index (χ1v) is 17.7. The Morgan fingerprint density at radius 1 is 0.902 bits per heavy atom. The number of benzene rings is 2. The van der Waals surface area contributed by atoms with Gasteiger partial charge in [-0.3, -0.25) is 9.59 Å². The van der Waals surface area contributed by atoms with Crippen LogP contribution in [0.5, 0.6) is 5.75 Å². The molecule has 0 atom stereocenters. The number of hydrogen-bond acceptors (Lipinski definition) is 6. The first kappa shape index (κ1) is 43.3. The van der Waals surface area contributed by atoms with E-state index in [1.54, 1.807) is 29.2 Å². The van der Waals surface area contributed by atoms with Gasteiger partial charge in [-0.15, -0.1) is 13.2 Å². The van der Waals surface area contributed by atoms with Gasteiger partial charge < -0.3 is 36.1 Å². The van der Waals surface area contributed by atoms with Crippen molar-refractivity contribution in [3.8, 4) is 5.75 Å². The van der Waals surface area contributed by atoms with Gasteiger partial charge in [0.1, 0.15) is 5.75 Å². The van der Waals surface area contributed by atoms with Gasteiger partial charge in [-0.05, 0) is 81.1 Å². The summed E-state index contributed by atoms with van der Waals surface area (Å²) in [6, 6.07) is 11.5. The van der Waals surface area contributed by atoms with Gasteiger partial charge in [0.15, 0.2) is 0 Å². The lowest BCUT2D eigenvalue weighted by Crippen LogP contribution is -2.48. The minimum absolute atomic E-state index is 0.0000302. The summed E-state index contributed by atoms with van der Waals surface area (Å²) < 4.78 is 47.2. The van der Waals surface area contributed by atoms with Crippen LogP contribution in [-0.4, -0.2) is 67.0 Å². The van der Waals surface area contributed by atoms with Gasteiger partial charge in [-0.2, -0.15) is 0 Å². The van der Waals surface area contributed by atoms with Crippen molar-refractivity contribution in [1.82, 2.24) is 15.5 Å². The zero-order valence-corrected chi connectivity index (χ0v) is 31.3. The molecular weight excluding hydrogens is 663 g/mol. The fourth-order valence-corrected chi connectivity index (χ4v) is 5.16. The van der Waals surface area contributed by atoms with Gasteiger partial charge in [0.05, 0.1) is 18.8 Å². The lowest BCUT2D eigenvalue weighted by Gasteiger charge is -2.34. The van der Waals surface area contributed by atoms with Gasteiger partial charge in [0.25, 0.3) is 5.91 Å². The molecule has 0 spiro atoms. The molecule has 0 unspecified atom stereocenters. The molecule has 4 amide bonds. The van der Waals surface area contributed by atoms with Gasteiger partial charge in [0.2, 0.25) is 5.91 Å². The second kappa shape index (κ2) is 20.3. The van der Waals surface area contributed by atoms with E-state index in [-0.39, 0.29) is 54.6 Å². The van der Waals surface area contributed by atoms with Gasteiger partial charge >= 0.3 is 12.4 Å². The van der Waals surface area contributed by atoms with E-state index in [2.05, 4.69) is 41.5 Å². The molecule has 0 bridgehead atoms. The Labute approximate surface area is 301 Å². The molecule has 2 aromatic carbocycles. The molecule has 13 heteroatoms. The molecule has 5 N–H and O–H groups in total. The van der Waals surface area contributed by atoms with Gasteiger partial charge in [-0.25, -0.2) is 4.79 Å². The number of rotatable bonds is 15. The number of urea groups is 1. The summed E-state index contributed by atoms with van der Waals surface area (Å²) in [6.45, 7) is 16.0. The first-order valence-electron chi connectivity index (χ1n) is 17.7. The van der Waals surface area contributed by atoms with Crippen LogP contribution in [0.1, 0.15) is 103 Å². The average molecular weight is 722 g/mol. The van der Waals surface area contributed by atoms with Crippen LogP contribution in [0.3, 0.4) is 0 Å². The number of nitrogens with two attached hydrogens (primary N) is 1. The zero-order chi connectivity index (χ0) is 38.2. The summed E-state index contributed by atoms with van der Waals surface area (Å²) in [6.07, 6.45) is 0.0718. The van der Waals surface area contributed by atoms with E-state index in [1.807, 2.05) is 27.7 Å². The lowest BCUT2D eigenvalue weighted by atomic mass is 9.94. The predicted molar refractivity (Wildman–Crippen MR) is 194 cm³/mol. The highest BCUT2D eigenvalue weighted by molar-refractivity contribution is 5.94. The van der Waals surface area contributed by atoms with Crippen molar-refractivity contribution in [2.75, 3.05) is 31.6 Å². The summed E-state index contributed by atoms with van der Waals surface area (Å²) in [5.41, 5.74) is 6.58. The van der Waals surface area contributed by atoms with Crippen molar-refractivity contribution in [1.29, 1.82) is 0 Å². The second-order valence-corrected chi connectivity index (χ2v) is 15.2. The standard InChI is InChI=1S/C34H48F3N5O5.C4H10/c1-32(2,21-38)22-46-23-33(3,4)41-29(43)18-19-39-30(44)25-12-10-24(11-13-25)20-42(27-8-6-5-7-9-27)31(45)40-26-14-16-28(17-15-26)47-34(35,36)37;1-4(2)3/h10-17,27H,5-9,18-23,38H2,1-4H3,(H,39,44)(H,40,45)(H,41,43);4H,1-3H3.